The minimum Gasteiger partial charge on any atom is -0.495 e. The second-order valence-corrected chi connectivity index (χ2v) is 5.49. The van der Waals surface area contributed by atoms with E-state index in [9.17, 15) is 19.7 Å². The second-order valence-electron chi connectivity index (χ2n) is 4.52. The van der Waals surface area contributed by atoms with E-state index < -0.39 is 10.8 Å². The van der Waals surface area contributed by atoms with Crippen LogP contribution < -0.4 is 15.6 Å². The lowest BCUT2D eigenvalue weighted by atomic mass is 10.2. The number of nitro groups is 1. The van der Waals surface area contributed by atoms with E-state index >= 15 is 0 Å². The number of hydrogen-bond donors (Lipinski definition) is 2. The Kier molecular flexibility index (Phi) is 5.47. The van der Waals surface area contributed by atoms with Crippen LogP contribution in [0.1, 0.15) is 5.69 Å². The van der Waals surface area contributed by atoms with Crippen LogP contribution in [0, 0.1) is 17.0 Å². The molecule has 0 atom stereocenters. The van der Waals surface area contributed by atoms with E-state index in [1.807, 2.05) is 0 Å². The summed E-state index contributed by atoms with van der Waals surface area (Å²) in [5, 5.41) is 20.9. The number of aryl methyl sites for hydroxylation is 1. The maximum absolute atomic E-state index is 12.0. The van der Waals surface area contributed by atoms with Gasteiger partial charge in [-0.1, -0.05) is 11.8 Å². The summed E-state index contributed by atoms with van der Waals surface area (Å²) in [5.41, 5.74) is -0.147. The predicted molar refractivity (Wildman–Crippen MR) is 86.4 cm³/mol. The monoisotopic (exact) mass is 351 g/mol. The molecule has 2 aromatic rings. The first-order valence-electron chi connectivity index (χ1n) is 6.59. The van der Waals surface area contributed by atoms with Crippen molar-refractivity contribution in [3.63, 3.8) is 0 Å². The molecule has 1 aromatic heterocycles. The third kappa shape index (κ3) is 4.29. The number of nitrogens with one attached hydrogen (secondary N) is 2. The number of H-pyrrole nitrogens is 1. The van der Waals surface area contributed by atoms with E-state index in [4.69, 9.17) is 4.74 Å². The molecule has 1 amide bonds. The first-order chi connectivity index (χ1) is 11.4. The fourth-order valence-electron chi connectivity index (χ4n) is 1.67. The van der Waals surface area contributed by atoms with Crippen molar-refractivity contribution in [1.29, 1.82) is 0 Å². The molecule has 126 valence electrons. The molecule has 0 saturated heterocycles. The number of hydrogen-bond acceptors (Lipinski definition) is 8. The first kappa shape index (κ1) is 17.4. The molecule has 2 rings (SSSR count). The smallest absolute Gasteiger partial charge is 0.273 e. The Labute approximate surface area is 139 Å². The van der Waals surface area contributed by atoms with Gasteiger partial charge in [0.15, 0.2) is 5.16 Å². The number of rotatable bonds is 6. The van der Waals surface area contributed by atoms with Gasteiger partial charge in [0.25, 0.3) is 11.2 Å². The minimum absolute atomic E-state index is 0.0699. The zero-order valence-corrected chi connectivity index (χ0v) is 13.5. The van der Waals surface area contributed by atoms with Gasteiger partial charge < -0.3 is 10.1 Å². The van der Waals surface area contributed by atoms with Gasteiger partial charge in [-0.2, -0.15) is 0 Å². The number of methoxy groups -OCH3 is 1. The average Bonchev–Trinajstić information content (AvgIpc) is 2.55. The van der Waals surface area contributed by atoms with Crippen molar-refractivity contribution >= 4 is 29.0 Å². The average molecular weight is 351 g/mol. The molecule has 0 radical (unpaired) electrons. The number of aromatic nitrogens is 3. The lowest BCUT2D eigenvalue weighted by Gasteiger charge is -2.09. The summed E-state index contributed by atoms with van der Waals surface area (Å²) in [7, 11) is 1.39. The van der Waals surface area contributed by atoms with Crippen LogP contribution in [-0.4, -0.2) is 38.9 Å². The lowest BCUT2D eigenvalue weighted by molar-refractivity contribution is -0.384. The molecule has 0 aliphatic rings. The van der Waals surface area contributed by atoms with Gasteiger partial charge >= 0.3 is 0 Å². The van der Waals surface area contributed by atoms with Crippen molar-refractivity contribution in [1.82, 2.24) is 15.2 Å². The molecule has 1 heterocycles. The highest BCUT2D eigenvalue weighted by Crippen LogP contribution is 2.29. The number of benzene rings is 1. The van der Waals surface area contributed by atoms with Crippen LogP contribution in [0.15, 0.2) is 28.2 Å². The van der Waals surface area contributed by atoms with Crippen molar-refractivity contribution in [2.75, 3.05) is 18.2 Å². The molecular formula is C13H13N5O5S. The molecule has 2 N–H and O–H groups in total. The quantitative estimate of drug-likeness (QED) is 0.448. The van der Waals surface area contributed by atoms with Crippen molar-refractivity contribution in [3.8, 4) is 5.75 Å². The Morgan fingerprint density at radius 2 is 2.21 bits per heavy atom. The highest BCUT2D eigenvalue weighted by Gasteiger charge is 2.14. The third-order valence-electron chi connectivity index (χ3n) is 2.85. The van der Waals surface area contributed by atoms with Crippen LogP contribution >= 0.6 is 11.8 Å². The molecule has 0 aliphatic carbocycles. The van der Waals surface area contributed by atoms with Crippen molar-refractivity contribution in [2.45, 2.75) is 12.1 Å². The fourth-order valence-corrected chi connectivity index (χ4v) is 2.27. The molecule has 0 bridgehead atoms. The lowest BCUT2D eigenvalue weighted by Crippen LogP contribution is -2.17. The molecule has 11 heteroatoms. The van der Waals surface area contributed by atoms with Crippen LogP contribution in [0.4, 0.5) is 11.4 Å². The largest absolute Gasteiger partial charge is 0.495 e. The van der Waals surface area contributed by atoms with Crippen molar-refractivity contribution in [3.05, 3.63) is 44.4 Å². The van der Waals surface area contributed by atoms with E-state index in [-0.39, 0.29) is 33.5 Å². The number of carbonyl (C=O) groups is 1. The molecule has 1 aromatic carbocycles. The number of ether oxygens (including phenoxy) is 1. The third-order valence-corrected chi connectivity index (χ3v) is 3.71. The van der Waals surface area contributed by atoms with Crippen LogP contribution in [0.5, 0.6) is 5.75 Å². The number of anilines is 1. The number of aromatic amines is 1. The zero-order valence-electron chi connectivity index (χ0n) is 12.7. The van der Waals surface area contributed by atoms with Gasteiger partial charge in [-0.3, -0.25) is 24.7 Å². The number of non-ortho nitro benzene ring substituents is 1. The van der Waals surface area contributed by atoms with Crippen LogP contribution in [0.2, 0.25) is 0 Å². The number of carbonyl (C=O) groups excluding carboxylic acids is 1. The molecule has 0 spiro atoms. The van der Waals surface area contributed by atoms with Crippen LogP contribution in [0.3, 0.4) is 0 Å². The Bertz CT molecular complexity index is 838. The van der Waals surface area contributed by atoms with Crippen molar-refractivity contribution < 1.29 is 14.5 Å². The number of thioether (sulfide) groups is 1. The summed E-state index contributed by atoms with van der Waals surface area (Å²) >= 11 is 0.979. The summed E-state index contributed by atoms with van der Waals surface area (Å²) in [4.78, 5) is 36.1. The summed E-state index contributed by atoms with van der Waals surface area (Å²) in [6.07, 6.45) is 0. The Balaban J connectivity index is 2.06. The molecule has 0 unspecified atom stereocenters. The van der Waals surface area contributed by atoms with E-state index in [0.29, 0.717) is 5.75 Å². The van der Waals surface area contributed by atoms with Gasteiger partial charge in [0.1, 0.15) is 11.4 Å². The van der Waals surface area contributed by atoms with Crippen molar-refractivity contribution in [2.24, 2.45) is 0 Å². The summed E-state index contributed by atoms with van der Waals surface area (Å²) < 4.78 is 5.06. The summed E-state index contributed by atoms with van der Waals surface area (Å²) in [6, 6.07) is 3.87. The van der Waals surface area contributed by atoms with Gasteiger partial charge in [0, 0.05) is 12.1 Å². The summed E-state index contributed by atoms with van der Waals surface area (Å²) in [6.45, 7) is 1.52. The van der Waals surface area contributed by atoms with Gasteiger partial charge in [-0.25, -0.2) is 0 Å². The van der Waals surface area contributed by atoms with E-state index in [1.165, 1.54) is 32.2 Å². The Morgan fingerprint density at radius 1 is 1.46 bits per heavy atom. The van der Waals surface area contributed by atoms with Gasteiger partial charge in [0.2, 0.25) is 5.91 Å². The van der Waals surface area contributed by atoms with Gasteiger partial charge in [-0.05, 0) is 13.0 Å². The van der Waals surface area contributed by atoms with E-state index in [1.54, 1.807) is 0 Å². The number of nitro benzene ring substituents is 1. The topological polar surface area (TPSA) is 140 Å². The first-order valence-corrected chi connectivity index (χ1v) is 7.58. The molecule has 0 fully saturated rings. The molecule has 24 heavy (non-hydrogen) atoms. The Morgan fingerprint density at radius 3 is 2.83 bits per heavy atom. The minimum atomic E-state index is -0.573. The van der Waals surface area contributed by atoms with Crippen LogP contribution in [0.25, 0.3) is 0 Å². The zero-order chi connectivity index (χ0) is 17.7. The van der Waals surface area contributed by atoms with Gasteiger partial charge in [0.05, 0.1) is 23.5 Å². The molecule has 0 aliphatic heterocycles. The maximum Gasteiger partial charge on any atom is 0.273 e. The van der Waals surface area contributed by atoms with E-state index in [2.05, 4.69) is 20.5 Å². The normalized spacial score (nSPS) is 10.2. The van der Waals surface area contributed by atoms with Gasteiger partial charge in [-0.15, -0.1) is 10.2 Å². The summed E-state index contributed by atoms with van der Waals surface area (Å²) in [5.74, 6) is -0.219. The predicted octanol–water partition coefficient (Wildman–Crippen LogP) is 1.12. The second kappa shape index (κ2) is 7.55. The van der Waals surface area contributed by atoms with Crippen LogP contribution in [-0.2, 0) is 4.79 Å². The number of amides is 1. The van der Waals surface area contributed by atoms with E-state index in [0.717, 1.165) is 11.8 Å². The standard InChI is InChI=1S/C13H13N5O5S/c1-7-12(20)15-13(17-16-7)24-6-11(19)14-9-5-8(18(21)22)3-4-10(9)23-2/h3-5H,6H2,1-2H3,(H,14,19)(H,15,17,20). The highest BCUT2D eigenvalue weighted by atomic mass is 32.2. The molecule has 10 nitrogen and oxygen atoms in total. The fraction of sp³-hybridized carbons (Fsp3) is 0.231. The highest BCUT2D eigenvalue weighted by molar-refractivity contribution is 7.99. The maximum atomic E-state index is 12.0. The molecular weight excluding hydrogens is 338 g/mol. The Hall–Kier alpha value is -2.95. The SMILES string of the molecule is COc1ccc([N+](=O)[O-])cc1NC(=O)CSc1nnc(C)c(=O)[nH]1. The number of nitrogens with zero attached hydrogens (tertiary/aromatic N) is 3. The molecule has 0 saturated carbocycles.